The van der Waals surface area contributed by atoms with Crippen molar-refractivity contribution in [1.82, 2.24) is 29.9 Å². The number of nitrogens with one attached hydrogen (secondary N) is 3. The van der Waals surface area contributed by atoms with E-state index in [2.05, 4.69) is 35.4 Å². The Hall–Kier alpha value is -3.81. The first-order chi connectivity index (χ1) is 18.5. The van der Waals surface area contributed by atoms with E-state index in [-0.39, 0.29) is 37.3 Å². The summed E-state index contributed by atoms with van der Waals surface area (Å²) in [6, 6.07) is 2.98. The Kier molecular flexibility index (Phi) is 6.16. The molecule has 14 heteroatoms. The molecule has 4 aromatic rings. The molecule has 1 amide bonds. The Morgan fingerprint density at radius 1 is 1.13 bits per heavy atom. The lowest BCUT2D eigenvalue weighted by Crippen LogP contribution is -2.50. The van der Waals surface area contributed by atoms with Crippen LogP contribution in [0, 0.1) is 0 Å². The maximum absolute atomic E-state index is 13.2. The van der Waals surface area contributed by atoms with Crippen LogP contribution in [0.3, 0.4) is 0 Å². The first kappa shape index (κ1) is 25.5. The molecule has 0 saturated heterocycles. The summed E-state index contributed by atoms with van der Waals surface area (Å²) in [4.78, 5) is 24.8. The van der Waals surface area contributed by atoms with E-state index < -0.39 is 30.3 Å². The number of aromatic nitrogens is 5. The van der Waals surface area contributed by atoms with Gasteiger partial charge in [0.15, 0.2) is 0 Å². The summed E-state index contributed by atoms with van der Waals surface area (Å²) < 4.78 is 69.3. The second kappa shape index (κ2) is 9.43. The van der Waals surface area contributed by atoms with Crippen LogP contribution in [0.25, 0.3) is 27.7 Å². The quantitative estimate of drug-likeness (QED) is 0.290. The van der Waals surface area contributed by atoms with Gasteiger partial charge in [-0.2, -0.15) is 10.1 Å². The number of aromatic amines is 1. The predicted octanol–water partition coefficient (Wildman–Crippen LogP) is 5.06. The first-order valence-corrected chi connectivity index (χ1v) is 12.5. The summed E-state index contributed by atoms with van der Waals surface area (Å²) in [6.07, 6.45) is 1.90. The minimum Gasteiger partial charge on any atom is -0.351 e. The standard InChI is InChI=1S/C25H24F5N7O2/c26-24(27)8-15(9-24)34-22(38)19-12-33-37-6-5-13(7-20(19)37)17-10-31-21-18(17)11-32-23(36-21)35-14-1-3-16(4-2-14)39-25(28,29)30/h5-7,10-12,14-16H,1-4,8-9H2,(H,34,38)(H2,31,32,35,36)/t14-,16+. The minimum atomic E-state index is -4.63. The van der Waals surface area contributed by atoms with Gasteiger partial charge in [-0.3, -0.25) is 9.53 Å². The molecule has 0 atom stereocenters. The van der Waals surface area contributed by atoms with Crippen molar-refractivity contribution < 1.29 is 31.5 Å². The lowest BCUT2D eigenvalue weighted by Gasteiger charge is -2.35. The molecule has 0 unspecified atom stereocenters. The van der Waals surface area contributed by atoms with E-state index in [9.17, 15) is 26.7 Å². The number of amides is 1. The van der Waals surface area contributed by atoms with Gasteiger partial charge < -0.3 is 15.6 Å². The molecule has 4 heterocycles. The molecular weight excluding hydrogens is 525 g/mol. The van der Waals surface area contributed by atoms with Gasteiger partial charge in [0, 0.05) is 54.5 Å². The molecule has 0 spiro atoms. The first-order valence-electron chi connectivity index (χ1n) is 12.5. The number of hydrogen-bond donors (Lipinski definition) is 3. The van der Waals surface area contributed by atoms with Crippen molar-refractivity contribution >= 4 is 28.4 Å². The maximum Gasteiger partial charge on any atom is 0.522 e. The summed E-state index contributed by atoms with van der Waals surface area (Å²) in [7, 11) is 0. The van der Waals surface area contributed by atoms with Crippen LogP contribution in [-0.4, -0.2) is 60.9 Å². The van der Waals surface area contributed by atoms with Gasteiger partial charge in [0.25, 0.3) is 11.8 Å². The number of alkyl halides is 5. The number of hydrogen-bond acceptors (Lipinski definition) is 6. The fourth-order valence-corrected chi connectivity index (χ4v) is 5.26. The molecule has 206 valence electrons. The molecule has 0 aliphatic heterocycles. The van der Waals surface area contributed by atoms with Crippen molar-refractivity contribution in [2.75, 3.05) is 5.32 Å². The molecule has 2 saturated carbocycles. The zero-order chi connectivity index (χ0) is 27.4. The minimum absolute atomic E-state index is 0.0648. The third kappa shape index (κ3) is 5.37. The van der Waals surface area contributed by atoms with Crippen LogP contribution in [-0.2, 0) is 4.74 Å². The highest BCUT2D eigenvalue weighted by Gasteiger charge is 2.46. The lowest BCUT2D eigenvalue weighted by atomic mass is 9.88. The van der Waals surface area contributed by atoms with Crippen LogP contribution in [0.5, 0.6) is 0 Å². The van der Waals surface area contributed by atoms with E-state index in [1.54, 1.807) is 24.7 Å². The van der Waals surface area contributed by atoms with Crippen molar-refractivity contribution in [3.63, 3.8) is 0 Å². The van der Waals surface area contributed by atoms with Crippen molar-refractivity contribution in [1.29, 1.82) is 0 Å². The zero-order valence-electron chi connectivity index (χ0n) is 20.4. The number of anilines is 1. The molecule has 39 heavy (non-hydrogen) atoms. The van der Waals surface area contributed by atoms with E-state index in [4.69, 9.17) is 0 Å². The van der Waals surface area contributed by atoms with E-state index in [1.165, 1.54) is 10.7 Å². The summed E-state index contributed by atoms with van der Waals surface area (Å²) in [6.45, 7) is 0. The van der Waals surface area contributed by atoms with E-state index in [0.717, 1.165) is 16.5 Å². The molecule has 0 radical (unpaired) electrons. The molecule has 2 aliphatic rings. The largest absolute Gasteiger partial charge is 0.522 e. The number of carbonyl (C=O) groups excluding carboxylic acids is 1. The average molecular weight is 550 g/mol. The number of carbonyl (C=O) groups is 1. The summed E-state index contributed by atoms with van der Waals surface area (Å²) >= 11 is 0. The fourth-order valence-electron chi connectivity index (χ4n) is 5.26. The molecule has 0 aromatic carbocycles. The van der Waals surface area contributed by atoms with Gasteiger partial charge in [-0.25, -0.2) is 18.3 Å². The second-order valence-electron chi connectivity index (χ2n) is 10.1. The Bertz CT molecular complexity index is 1520. The molecule has 9 nitrogen and oxygen atoms in total. The van der Waals surface area contributed by atoms with Crippen LogP contribution >= 0.6 is 0 Å². The number of ether oxygens (including phenoxy) is 1. The van der Waals surface area contributed by atoms with Crippen LogP contribution in [0.4, 0.5) is 27.9 Å². The van der Waals surface area contributed by atoms with Gasteiger partial charge in [-0.05, 0) is 43.4 Å². The number of fused-ring (bicyclic) bond motifs is 2. The molecule has 2 fully saturated rings. The van der Waals surface area contributed by atoms with Crippen LogP contribution in [0.2, 0.25) is 0 Å². The Balaban J connectivity index is 1.16. The summed E-state index contributed by atoms with van der Waals surface area (Å²) in [5.74, 6) is -2.83. The van der Waals surface area contributed by atoms with Crippen LogP contribution < -0.4 is 10.6 Å². The zero-order valence-corrected chi connectivity index (χ0v) is 20.4. The number of pyridine rings is 1. The normalized spacial score (nSPS) is 21.7. The number of rotatable bonds is 6. The Morgan fingerprint density at radius 3 is 2.62 bits per heavy atom. The lowest BCUT2D eigenvalue weighted by molar-refractivity contribution is -0.345. The van der Waals surface area contributed by atoms with Crippen molar-refractivity contribution in [3.05, 3.63) is 42.5 Å². The molecule has 2 aliphatic carbocycles. The highest BCUT2D eigenvalue weighted by Crippen LogP contribution is 2.37. The predicted molar refractivity (Wildman–Crippen MR) is 130 cm³/mol. The molecule has 3 N–H and O–H groups in total. The number of H-pyrrole nitrogens is 1. The van der Waals surface area contributed by atoms with Gasteiger partial charge >= 0.3 is 6.36 Å². The highest BCUT2D eigenvalue weighted by molar-refractivity contribution is 6.02. The monoisotopic (exact) mass is 549 g/mol. The van der Waals surface area contributed by atoms with Gasteiger partial charge in [-0.1, -0.05) is 0 Å². The van der Waals surface area contributed by atoms with E-state index in [1.807, 2.05) is 6.07 Å². The van der Waals surface area contributed by atoms with Crippen molar-refractivity contribution in [2.24, 2.45) is 0 Å². The third-order valence-electron chi connectivity index (χ3n) is 7.24. The van der Waals surface area contributed by atoms with Crippen LogP contribution in [0.1, 0.15) is 48.9 Å². The SMILES string of the molecule is O=C(NC1CC(F)(F)C1)c1cnn2ccc(-c3c[nH]c4nc(N[C@H]5CC[C@@H](OC(F)(F)F)CC5)ncc34)cc12. The smallest absolute Gasteiger partial charge is 0.351 e. The summed E-state index contributed by atoms with van der Waals surface area (Å²) in [5, 5.41) is 10.8. The second-order valence-corrected chi connectivity index (χ2v) is 10.1. The molecule has 4 aromatic heterocycles. The van der Waals surface area contributed by atoms with Gasteiger partial charge in [0.05, 0.1) is 23.4 Å². The van der Waals surface area contributed by atoms with Gasteiger partial charge in [0.2, 0.25) is 5.95 Å². The third-order valence-corrected chi connectivity index (χ3v) is 7.24. The Labute approximate surface area is 218 Å². The van der Waals surface area contributed by atoms with Crippen molar-refractivity contribution in [3.8, 4) is 11.1 Å². The number of halogens is 5. The fraction of sp³-hybridized carbons (Fsp3) is 0.440. The molecule has 6 rings (SSSR count). The van der Waals surface area contributed by atoms with Crippen molar-refractivity contribution in [2.45, 2.75) is 69.0 Å². The number of nitrogens with zero attached hydrogens (tertiary/aromatic N) is 4. The van der Waals surface area contributed by atoms with E-state index >= 15 is 0 Å². The molecular formula is C25H24F5N7O2. The summed E-state index contributed by atoms with van der Waals surface area (Å²) in [5.41, 5.74) is 2.93. The van der Waals surface area contributed by atoms with E-state index in [0.29, 0.717) is 30.0 Å². The van der Waals surface area contributed by atoms with Gasteiger partial charge in [0.1, 0.15) is 5.65 Å². The average Bonchev–Trinajstić information content (AvgIpc) is 3.47. The maximum atomic E-state index is 13.2. The van der Waals surface area contributed by atoms with Crippen LogP contribution in [0.15, 0.2) is 36.9 Å². The van der Waals surface area contributed by atoms with Gasteiger partial charge in [-0.15, -0.1) is 13.2 Å². The Morgan fingerprint density at radius 2 is 1.90 bits per heavy atom. The highest BCUT2D eigenvalue weighted by atomic mass is 19.4. The topological polar surface area (TPSA) is 109 Å². The molecule has 0 bridgehead atoms.